The monoisotopic (exact) mass is 343 g/mol. The van der Waals surface area contributed by atoms with Gasteiger partial charge < -0.3 is 9.80 Å². The largest absolute Gasteiger partial charge is 0.333 e. The summed E-state index contributed by atoms with van der Waals surface area (Å²) in [7, 11) is 2.17. The second kappa shape index (κ2) is 6.57. The Morgan fingerprint density at radius 1 is 1.17 bits per heavy atom. The van der Waals surface area contributed by atoms with Crippen molar-refractivity contribution in [1.29, 1.82) is 0 Å². The van der Waals surface area contributed by atoms with Crippen LogP contribution in [0.5, 0.6) is 0 Å². The van der Waals surface area contributed by atoms with Gasteiger partial charge in [0.2, 0.25) is 0 Å². The van der Waals surface area contributed by atoms with E-state index in [1.165, 1.54) is 24.2 Å². The summed E-state index contributed by atoms with van der Waals surface area (Å²) in [5.74, 6) is 0.631. The third kappa shape index (κ3) is 2.82. The van der Waals surface area contributed by atoms with Crippen LogP contribution in [-0.4, -0.2) is 62.9 Å². The van der Waals surface area contributed by atoms with Crippen LogP contribution in [0.1, 0.15) is 36.2 Å². The Hall–Kier alpha value is -1.86. The van der Waals surface area contributed by atoms with E-state index in [0.717, 1.165) is 25.9 Å². The Morgan fingerprint density at radius 2 is 1.92 bits per heavy atom. The zero-order valence-electron chi connectivity index (χ0n) is 13.8. The van der Waals surface area contributed by atoms with Crippen LogP contribution in [0.25, 0.3) is 10.8 Å². The summed E-state index contributed by atoms with van der Waals surface area (Å²) < 4.78 is 0. The molecule has 6 nitrogen and oxygen atoms in total. The molecule has 2 aliphatic rings. The number of aromatic nitrogens is 3. The summed E-state index contributed by atoms with van der Waals surface area (Å²) in [6.07, 6.45) is 7.98. The van der Waals surface area contributed by atoms with Gasteiger partial charge in [0.15, 0.2) is 10.8 Å². The van der Waals surface area contributed by atoms with Crippen LogP contribution in [0.4, 0.5) is 0 Å². The van der Waals surface area contributed by atoms with E-state index in [-0.39, 0.29) is 5.91 Å². The number of hydrogen-bond donors (Lipinski definition) is 0. The van der Waals surface area contributed by atoms with E-state index in [1.54, 1.807) is 18.5 Å². The van der Waals surface area contributed by atoms with Gasteiger partial charge in [-0.05, 0) is 45.3 Å². The molecule has 0 saturated carbocycles. The molecule has 2 aromatic rings. The molecule has 0 N–H and O–H groups in total. The highest BCUT2D eigenvalue weighted by atomic mass is 32.1. The van der Waals surface area contributed by atoms with Gasteiger partial charge in [-0.15, -0.1) is 11.3 Å². The van der Waals surface area contributed by atoms with E-state index in [1.807, 2.05) is 10.3 Å². The van der Waals surface area contributed by atoms with Crippen molar-refractivity contribution in [2.45, 2.75) is 37.8 Å². The topological polar surface area (TPSA) is 62.2 Å². The minimum absolute atomic E-state index is 0.0521. The fourth-order valence-electron chi connectivity index (χ4n) is 3.90. The summed E-state index contributed by atoms with van der Waals surface area (Å²) in [5.41, 5.74) is 0.523. The maximum Gasteiger partial charge on any atom is 0.273 e. The van der Waals surface area contributed by atoms with Gasteiger partial charge in [0, 0.05) is 36.4 Å². The van der Waals surface area contributed by atoms with E-state index in [0.29, 0.717) is 28.6 Å². The maximum atomic E-state index is 13.0. The number of hydrogen-bond acceptors (Lipinski definition) is 6. The standard InChI is InChI=1S/C17H21N5OS/c1-21-9-2-5-13(21)14-6-3-10-22(14)17(23)12-11-24-16(20-12)15-18-7-4-8-19-15/h4,7-8,11,13-14H,2-3,5-6,9-10H2,1H3/t13-,14-/m0/s1. The molecule has 4 rings (SSSR count). The fraction of sp³-hybridized carbons (Fsp3) is 0.529. The molecule has 0 spiro atoms. The van der Waals surface area contributed by atoms with Crippen molar-refractivity contribution in [3.63, 3.8) is 0 Å². The zero-order chi connectivity index (χ0) is 16.5. The van der Waals surface area contributed by atoms with Gasteiger partial charge in [-0.1, -0.05) is 0 Å². The van der Waals surface area contributed by atoms with Gasteiger partial charge in [-0.2, -0.15) is 0 Å². The molecule has 126 valence electrons. The van der Waals surface area contributed by atoms with Gasteiger partial charge in [0.05, 0.1) is 0 Å². The zero-order valence-corrected chi connectivity index (χ0v) is 14.6. The Balaban J connectivity index is 1.54. The molecule has 0 radical (unpaired) electrons. The highest BCUT2D eigenvalue weighted by molar-refractivity contribution is 7.13. The van der Waals surface area contributed by atoms with E-state index in [4.69, 9.17) is 0 Å². The number of likely N-dealkylation sites (tertiary alicyclic amines) is 2. The van der Waals surface area contributed by atoms with Crippen molar-refractivity contribution in [3.05, 3.63) is 29.5 Å². The summed E-state index contributed by atoms with van der Waals surface area (Å²) in [5, 5.41) is 2.54. The summed E-state index contributed by atoms with van der Waals surface area (Å²) in [6, 6.07) is 2.59. The average molecular weight is 343 g/mol. The molecule has 2 aliphatic heterocycles. The van der Waals surface area contributed by atoms with Gasteiger partial charge in [0.1, 0.15) is 5.69 Å². The van der Waals surface area contributed by atoms with E-state index in [2.05, 4.69) is 26.9 Å². The number of amides is 1. The van der Waals surface area contributed by atoms with Crippen molar-refractivity contribution >= 4 is 17.2 Å². The molecule has 7 heteroatoms. The van der Waals surface area contributed by atoms with Crippen LogP contribution in [0.2, 0.25) is 0 Å². The van der Waals surface area contributed by atoms with Crippen molar-refractivity contribution in [1.82, 2.24) is 24.8 Å². The molecule has 0 unspecified atom stereocenters. The smallest absolute Gasteiger partial charge is 0.273 e. The van der Waals surface area contributed by atoms with Crippen molar-refractivity contribution in [3.8, 4) is 10.8 Å². The summed E-state index contributed by atoms with van der Waals surface area (Å²) >= 11 is 1.43. The van der Waals surface area contributed by atoms with Gasteiger partial charge in [-0.3, -0.25) is 4.79 Å². The van der Waals surface area contributed by atoms with Crippen LogP contribution in [0, 0.1) is 0 Å². The molecule has 24 heavy (non-hydrogen) atoms. The number of nitrogens with zero attached hydrogens (tertiary/aromatic N) is 5. The Morgan fingerprint density at radius 3 is 2.67 bits per heavy atom. The first-order valence-corrected chi connectivity index (χ1v) is 9.36. The van der Waals surface area contributed by atoms with Gasteiger partial charge in [0.25, 0.3) is 5.91 Å². The number of rotatable bonds is 3. The quantitative estimate of drug-likeness (QED) is 0.856. The highest BCUT2D eigenvalue weighted by Crippen LogP contribution is 2.30. The first-order chi connectivity index (χ1) is 11.7. The van der Waals surface area contributed by atoms with Crippen LogP contribution in [-0.2, 0) is 0 Å². The molecule has 2 fully saturated rings. The Kier molecular flexibility index (Phi) is 4.28. The first kappa shape index (κ1) is 15.7. The molecule has 2 saturated heterocycles. The predicted molar refractivity (Wildman–Crippen MR) is 92.9 cm³/mol. The Labute approximate surface area is 145 Å². The molecular formula is C17H21N5OS. The van der Waals surface area contributed by atoms with E-state index < -0.39 is 0 Å². The first-order valence-electron chi connectivity index (χ1n) is 8.48. The molecular weight excluding hydrogens is 322 g/mol. The SMILES string of the molecule is CN1CCC[C@H]1[C@@H]1CCCN1C(=O)c1csc(-c2ncccn2)n1. The van der Waals surface area contributed by atoms with Crippen LogP contribution >= 0.6 is 11.3 Å². The average Bonchev–Trinajstić information content (AvgIpc) is 3.35. The molecule has 0 aliphatic carbocycles. The van der Waals surface area contributed by atoms with Crippen LogP contribution < -0.4 is 0 Å². The molecule has 4 heterocycles. The Bertz CT molecular complexity index is 719. The second-order valence-electron chi connectivity index (χ2n) is 6.51. The third-order valence-corrected chi connectivity index (χ3v) is 5.90. The lowest BCUT2D eigenvalue weighted by molar-refractivity contribution is 0.0659. The molecule has 0 bridgehead atoms. The third-order valence-electron chi connectivity index (χ3n) is 5.06. The van der Waals surface area contributed by atoms with Crippen molar-refractivity contribution < 1.29 is 4.79 Å². The summed E-state index contributed by atoms with van der Waals surface area (Å²) in [4.78, 5) is 30.3. The van der Waals surface area contributed by atoms with Crippen molar-refractivity contribution in [2.75, 3.05) is 20.1 Å². The highest BCUT2D eigenvalue weighted by Gasteiger charge is 2.39. The molecule has 2 atom stereocenters. The van der Waals surface area contributed by atoms with Crippen LogP contribution in [0.15, 0.2) is 23.8 Å². The molecule has 1 amide bonds. The molecule has 0 aromatic carbocycles. The number of thiazole rings is 1. The predicted octanol–water partition coefficient (Wildman–Crippen LogP) is 2.30. The van der Waals surface area contributed by atoms with Crippen molar-refractivity contribution in [2.24, 2.45) is 0 Å². The normalized spacial score (nSPS) is 24.6. The lowest BCUT2D eigenvalue weighted by Gasteiger charge is -2.32. The minimum atomic E-state index is 0.0521. The van der Waals surface area contributed by atoms with Gasteiger partial charge in [-0.25, -0.2) is 15.0 Å². The van der Waals surface area contributed by atoms with Crippen LogP contribution in [0.3, 0.4) is 0 Å². The van der Waals surface area contributed by atoms with E-state index >= 15 is 0 Å². The van der Waals surface area contributed by atoms with E-state index in [9.17, 15) is 4.79 Å². The second-order valence-corrected chi connectivity index (χ2v) is 7.37. The number of likely N-dealkylation sites (N-methyl/N-ethyl adjacent to an activating group) is 1. The lowest BCUT2D eigenvalue weighted by atomic mass is 10.0. The fourth-order valence-corrected chi connectivity index (χ4v) is 4.64. The molecule has 2 aromatic heterocycles. The minimum Gasteiger partial charge on any atom is -0.333 e. The summed E-state index contributed by atoms with van der Waals surface area (Å²) in [6.45, 7) is 1.97. The number of carbonyl (C=O) groups is 1. The number of carbonyl (C=O) groups excluding carboxylic acids is 1. The van der Waals surface area contributed by atoms with Gasteiger partial charge >= 0.3 is 0 Å². The maximum absolute atomic E-state index is 13.0. The lowest BCUT2D eigenvalue weighted by Crippen LogP contribution is -2.47.